The lowest BCUT2D eigenvalue weighted by atomic mass is 10.3. The van der Waals surface area contributed by atoms with E-state index in [2.05, 4.69) is 4.83 Å². The largest absolute Gasteiger partial charge is 0.399 e. The van der Waals surface area contributed by atoms with Crippen molar-refractivity contribution in [2.24, 2.45) is 0 Å². The van der Waals surface area contributed by atoms with E-state index >= 15 is 0 Å². The van der Waals surface area contributed by atoms with Crippen LogP contribution in [0.5, 0.6) is 0 Å². The summed E-state index contributed by atoms with van der Waals surface area (Å²) in [7, 11) is -3.48. The molecule has 0 saturated carbocycles. The molecule has 0 amide bonds. The molecule has 0 heterocycles. The molecule has 0 bridgehead atoms. The van der Waals surface area contributed by atoms with Crippen LogP contribution in [0.3, 0.4) is 0 Å². The number of hydrogen-bond donors (Lipinski definition) is 2. The van der Waals surface area contributed by atoms with Gasteiger partial charge in [-0.15, -0.1) is 4.83 Å². The Morgan fingerprint density at radius 1 is 1.19 bits per heavy atom. The summed E-state index contributed by atoms with van der Waals surface area (Å²) in [6.07, 6.45) is 0. The number of rotatable bonds is 5. The lowest BCUT2D eigenvalue weighted by Gasteiger charge is -2.19. The zero-order valence-electron chi connectivity index (χ0n) is 9.47. The van der Waals surface area contributed by atoms with Crippen LogP contribution in [-0.4, -0.2) is 26.5 Å². The molecule has 3 N–H and O–H groups in total. The third-order valence-electron chi connectivity index (χ3n) is 2.20. The molecular formula is C10H17N3O2S. The average molecular weight is 243 g/mol. The monoisotopic (exact) mass is 243 g/mol. The van der Waals surface area contributed by atoms with E-state index in [0.717, 1.165) is 0 Å². The lowest BCUT2D eigenvalue weighted by Crippen LogP contribution is -2.41. The molecule has 0 radical (unpaired) electrons. The van der Waals surface area contributed by atoms with Crippen molar-refractivity contribution in [1.29, 1.82) is 0 Å². The van der Waals surface area contributed by atoms with Crippen LogP contribution in [0.25, 0.3) is 0 Å². The smallest absolute Gasteiger partial charge is 0.253 e. The number of hydrazine groups is 1. The normalized spacial score (nSPS) is 11.9. The van der Waals surface area contributed by atoms with Gasteiger partial charge in [-0.2, -0.15) is 0 Å². The van der Waals surface area contributed by atoms with E-state index < -0.39 is 10.0 Å². The molecule has 1 aromatic rings. The number of nitrogen functional groups attached to an aromatic ring is 1. The molecule has 5 nitrogen and oxygen atoms in total. The highest BCUT2D eigenvalue weighted by Crippen LogP contribution is 2.11. The van der Waals surface area contributed by atoms with Gasteiger partial charge in [0, 0.05) is 18.8 Å². The van der Waals surface area contributed by atoms with Gasteiger partial charge in [0.25, 0.3) is 10.0 Å². The van der Waals surface area contributed by atoms with Gasteiger partial charge in [0.15, 0.2) is 0 Å². The number of nitrogens with two attached hydrogens (primary N) is 1. The number of sulfonamides is 1. The fourth-order valence-corrected chi connectivity index (χ4v) is 2.42. The van der Waals surface area contributed by atoms with E-state index in [1.54, 1.807) is 17.1 Å². The Bertz CT molecular complexity index is 424. The van der Waals surface area contributed by atoms with E-state index in [9.17, 15) is 8.42 Å². The molecule has 1 aromatic carbocycles. The summed E-state index contributed by atoms with van der Waals surface area (Å²) < 4.78 is 23.8. The summed E-state index contributed by atoms with van der Waals surface area (Å²) in [5, 5.41) is 1.62. The van der Waals surface area contributed by atoms with Gasteiger partial charge in [-0.3, -0.25) is 0 Å². The fourth-order valence-electron chi connectivity index (χ4n) is 1.22. The van der Waals surface area contributed by atoms with Gasteiger partial charge < -0.3 is 5.73 Å². The first kappa shape index (κ1) is 13.0. The molecule has 0 aliphatic rings. The minimum atomic E-state index is -3.48. The summed E-state index contributed by atoms with van der Waals surface area (Å²) >= 11 is 0. The van der Waals surface area contributed by atoms with Crippen LogP contribution in [0.1, 0.15) is 13.8 Å². The van der Waals surface area contributed by atoms with Crippen molar-refractivity contribution in [3.63, 3.8) is 0 Å². The second-order valence-corrected chi connectivity index (χ2v) is 5.00. The van der Waals surface area contributed by atoms with Gasteiger partial charge in [0.1, 0.15) is 0 Å². The second kappa shape index (κ2) is 5.29. The fraction of sp³-hybridized carbons (Fsp3) is 0.400. The molecule has 16 heavy (non-hydrogen) atoms. The molecule has 6 heteroatoms. The average Bonchev–Trinajstić information content (AvgIpc) is 2.26. The Kier molecular flexibility index (Phi) is 4.28. The van der Waals surface area contributed by atoms with Crippen LogP contribution in [0, 0.1) is 0 Å². The molecule has 0 saturated heterocycles. The molecule has 0 spiro atoms. The van der Waals surface area contributed by atoms with Gasteiger partial charge in [-0.05, 0) is 24.3 Å². The number of benzene rings is 1. The highest BCUT2D eigenvalue weighted by Gasteiger charge is 2.15. The molecule has 0 aliphatic carbocycles. The SMILES string of the molecule is CCN(CC)NS(=O)(=O)c1ccc(N)cc1. The summed E-state index contributed by atoms with van der Waals surface area (Å²) in [4.78, 5) is 2.71. The first-order valence-corrected chi connectivity index (χ1v) is 6.61. The Balaban J connectivity index is 2.89. The van der Waals surface area contributed by atoms with Crippen molar-refractivity contribution in [2.75, 3.05) is 18.8 Å². The Hall–Kier alpha value is -1.11. The van der Waals surface area contributed by atoms with Gasteiger partial charge in [-0.1, -0.05) is 13.8 Å². The van der Waals surface area contributed by atoms with Crippen molar-refractivity contribution in [3.8, 4) is 0 Å². The molecule has 0 aliphatic heterocycles. The van der Waals surface area contributed by atoms with Crippen LogP contribution < -0.4 is 10.6 Å². The van der Waals surface area contributed by atoms with E-state index in [-0.39, 0.29) is 4.90 Å². The first-order valence-electron chi connectivity index (χ1n) is 5.12. The summed E-state index contributed by atoms with van der Waals surface area (Å²) in [5.74, 6) is 0. The quantitative estimate of drug-likeness (QED) is 0.592. The Morgan fingerprint density at radius 3 is 2.12 bits per heavy atom. The zero-order chi connectivity index (χ0) is 12.2. The highest BCUT2D eigenvalue weighted by molar-refractivity contribution is 7.89. The van der Waals surface area contributed by atoms with Crippen LogP contribution >= 0.6 is 0 Å². The molecule has 0 aromatic heterocycles. The molecular weight excluding hydrogens is 226 g/mol. The standard InChI is InChI=1S/C10H17N3O2S/c1-3-13(4-2)12-16(14,15)10-7-5-9(11)6-8-10/h5-8,12H,3-4,11H2,1-2H3. The predicted octanol–water partition coefficient (Wildman–Crippen LogP) is 0.804. The van der Waals surface area contributed by atoms with E-state index in [1.807, 2.05) is 13.8 Å². The number of nitrogens with zero attached hydrogens (tertiary/aromatic N) is 1. The molecule has 90 valence electrons. The minimum Gasteiger partial charge on any atom is -0.399 e. The van der Waals surface area contributed by atoms with Gasteiger partial charge in [0.05, 0.1) is 4.90 Å². The maximum atomic E-state index is 11.9. The van der Waals surface area contributed by atoms with Crippen molar-refractivity contribution in [1.82, 2.24) is 9.84 Å². The van der Waals surface area contributed by atoms with Gasteiger partial charge >= 0.3 is 0 Å². The van der Waals surface area contributed by atoms with Crippen molar-refractivity contribution < 1.29 is 8.42 Å². The van der Waals surface area contributed by atoms with E-state index in [4.69, 9.17) is 5.73 Å². The number of hydrogen-bond acceptors (Lipinski definition) is 4. The van der Waals surface area contributed by atoms with Crippen molar-refractivity contribution >= 4 is 15.7 Å². The van der Waals surface area contributed by atoms with E-state index in [0.29, 0.717) is 18.8 Å². The summed E-state index contributed by atoms with van der Waals surface area (Å²) in [5.41, 5.74) is 6.04. The molecule has 0 unspecified atom stereocenters. The Morgan fingerprint density at radius 2 is 1.69 bits per heavy atom. The highest BCUT2D eigenvalue weighted by atomic mass is 32.2. The first-order chi connectivity index (χ1) is 7.49. The number of nitrogens with one attached hydrogen (secondary N) is 1. The summed E-state index contributed by atoms with van der Waals surface area (Å²) in [6.45, 7) is 5.00. The summed E-state index contributed by atoms with van der Waals surface area (Å²) in [6, 6.07) is 6.11. The zero-order valence-corrected chi connectivity index (χ0v) is 10.3. The van der Waals surface area contributed by atoms with E-state index in [1.165, 1.54) is 12.1 Å². The van der Waals surface area contributed by atoms with Gasteiger partial charge in [-0.25, -0.2) is 13.4 Å². The third-order valence-corrected chi connectivity index (χ3v) is 3.59. The number of anilines is 1. The van der Waals surface area contributed by atoms with Crippen LogP contribution in [0.2, 0.25) is 0 Å². The van der Waals surface area contributed by atoms with Crippen LogP contribution in [0.15, 0.2) is 29.2 Å². The third kappa shape index (κ3) is 3.19. The molecule has 0 fully saturated rings. The van der Waals surface area contributed by atoms with Gasteiger partial charge in [0.2, 0.25) is 0 Å². The van der Waals surface area contributed by atoms with Crippen molar-refractivity contribution in [3.05, 3.63) is 24.3 Å². The minimum absolute atomic E-state index is 0.216. The lowest BCUT2D eigenvalue weighted by molar-refractivity contribution is 0.268. The maximum Gasteiger partial charge on any atom is 0.253 e. The van der Waals surface area contributed by atoms with Crippen molar-refractivity contribution in [2.45, 2.75) is 18.7 Å². The predicted molar refractivity (Wildman–Crippen MR) is 64.1 cm³/mol. The Labute approximate surface area is 96.3 Å². The van der Waals surface area contributed by atoms with Crippen LogP contribution in [0.4, 0.5) is 5.69 Å². The molecule has 1 rings (SSSR count). The topological polar surface area (TPSA) is 75.4 Å². The second-order valence-electron chi connectivity index (χ2n) is 3.34. The molecule has 0 atom stereocenters. The maximum absolute atomic E-state index is 11.9. The van der Waals surface area contributed by atoms with Crippen LogP contribution in [-0.2, 0) is 10.0 Å².